The van der Waals surface area contributed by atoms with Gasteiger partial charge in [-0.15, -0.1) is 5.10 Å². The number of hydrogen-bond donors (Lipinski definition) is 1. The molecule has 0 saturated carbocycles. The standard InChI is InChI=1S/C24H20ClN5O2/c1-32-20-11-8-17(9-12-20)15-27-24-28-23(19-6-4-14-26-16-19)29-30(24)22(31)13-10-18-5-2-3-7-21(18)25/h2-14,16H,15H2,1H3,(H,27,28,29)/b13-10+. The molecule has 0 amide bonds. The summed E-state index contributed by atoms with van der Waals surface area (Å²) in [6.07, 6.45) is 6.39. The zero-order chi connectivity index (χ0) is 22.3. The van der Waals surface area contributed by atoms with Gasteiger partial charge < -0.3 is 10.1 Å². The number of pyridine rings is 1. The predicted molar refractivity (Wildman–Crippen MR) is 125 cm³/mol. The number of nitrogens with zero attached hydrogens (tertiary/aromatic N) is 4. The molecule has 4 aromatic rings. The molecule has 8 heteroatoms. The fourth-order valence-corrected chi connectivity index (χ4v) is 3.16. The molecule has 0 fully saturated rings. The zero-order valence-corrected chi connectivity index (χ0v) is 18.0. The average molecular weight is 446 g/mol. The highest BCUT2D eigenvalue weighted by Crippen LogP contribution is 2.20. The van der Waals surface area contributed by atoms with Crippen LogP contribution in [0.15, 0.2) is 79.1 Å². The number of methoxy groups -OCH3 is 1. The fourth-order valence-electron chi connectivity index (χ4n) is 2.96. The van der Waals surface area contributed by atoms with Crippen molar-refractivity contribution in [2.75, 3.05) is 12.4 Å². The topological polar surface area (TPSA) is 81.9 Å². The number of aromatic nitrogens is 4. The van der Waals surface area contributed by atoms with Crippen molar-refractivity contribution in [1.82, 2.24) is 19.7 Å². The van der Waals surface area contributed by atoms with Gasteiger partial charge >= 0.3 is 0 Å². The summed E-state index contributed by atoms with van der Waals surface area (Å²) in [7, 11) is 1.62. The lowest BCUT2D eigenvalue weighted by Crippen LogP contribution is -2.14. The summed E-state index contributed by atoms with van der Waals surface area (Å²) in [6.45, 7) is 0.455. The third-order valence-corrected chi connectivity index (χ3v) is 5.00. The number of carbonyl (C=O) groups is 1. The second kappa shape index (κ2) is 9.89. The largest absolute Gasteiger partial charge is 0.497 e. The Morgan fingerprint density at radius 1 is 1.12 bits per heavy atom. The first-order chi connectivity index (χ1) is 15.6. The van der Waals surface area contributed by atoms with Crippen molar-refractivity contribution < 1.29 is 9.53 Å². The van der Waals surface area contributed by atoms with E-state index < -0.39 is 0 Å². The van der Waals surface area contributed by atoms with E-state index in [-0.39, 0.29) is 5.91 Å². The van der Waals surface area contributed by atoms with Crippen LogP contribution in [0.3, 0.4) is 0 Å². The molecule has 7 nitrogen and oxygen atoms in total. The van der Waals surface area contributed by atoms with Crippen molar-refractivity contribution in [2.24, 2.45) is 0 Å². The Hall–Kier alpha value is -3.97. The molecule has 0 saturated heterocycles. The average Bonchev–Trinajstić information content (AvgIpc) is 3.27. The molecule has 0 unspecified atom stereocenters. The molecular formula is C24H20ClN5O2. The summed E-state index contributed by atoms with van der Waals surface area (Å²) in [6, 6.07) is 18.5. The molecule has 0 spiro atoms. The first-order valence-corrected chi connectivity index (χ1v) is 10.2. The van der Waals surface area contributed by atoms with Crippen molar-refractivity contribution >= 4 is 29.5 Å². The van der Waals surface area contributed by atoms with Crippen LogP contribution in [0.1, 0.15) is 15.9 Å². The summed E-state index contributed by atoms with van der Waals surface area (Å²) >= 11 is 6.18. The number of allylic oxidation sites excluding steroid dienone is 1. The normalized spacial score (nSPS) is 10.9. The Morgan fingerprint density at radius 3 is 2.66 bits per heavy atom. The third kappa shape index (κ3) is 5.01. The predicted octanol–water partition coefficient (Wildman–Crippen LogP) is 4.97. The number of halogens is 1. The van der Waals surface area contributed by atoms with Gasteiger partial charge in [-0.05, 0) is 47.5 Å². The van der Waals surface area contributed by atoms with E-state index in [1.807, 2.05) is 48.5 Å². The molecule has 2 aromatic heterocycles. The summed E-state index contributed by atoms with van der Waals surface area (Å²) in [5.74, 6) is 1.14. The Labute approximate surface area is 190 Å². The number of nitrogens with one attached hydrogen (secondary N) is 1. The van der Waals surface area contributed by atoms with Crippen LogP contribution >= 0.6 is 11.6 Å². The van der Waals surface area contributed by atoms with Crippen LogP contribution in [0.25, 0.3) is 17.5 Å². The van der Waals surface area contributed by atoms with E-state index in [1.165, 1.54) is 10.8 Å². The molecule has 2 aromatic carbocycles. The van der Waals surface area contributed by atoms with Gasteiger partial charge in [-0.2, -0.15) is 9.67 Å². The summed E-state index contributed by atoms with van der Waals surface area (Å²) in [5, 5.41) is 8.16. The Bertz CT molecular complexity index is 1240. The third-order valence-electron chi connectivity index (χ3n) is 4.66. The molecule has 0 radical (unpaired) electrons. The van der Waals surface area contributed by atoms with Crippen molar-refractivity contribution in [3.8, 4) is 17.1 Å². The maximum absolute atomic E-state index is 12.9. The van der Waals surface area contributed by atoms with Crippen LogP contribution in [0.2, 0.25) is 5.02 Å². The highest BCUT2D eigenvalue weighted by molar-refractivity contribution is 6.32. The molecule has 2 heterocycles. The summed E-state index contributed by atoms with van der Waals surface area (Å²) in [4.78, 5) is 21.6. The molecule has 0 aliphatic rings. The van der Waals surface area contributed by atoms with Crippen molar-refractivity contribution in [3.63, 3.8) is 0 Å². The molecule has 32 heavy (non-hydrogen) atoms. The first-order valence-electron chi connectivity index (χ1n) is 9.85. The van der Waals surface area contributed by atoms with Crippen molar-refractivity contribution in [2.45, 2.75) is 6.54 Å². The van der Waals surface area contributed by atoms with Crippen LogP contribution in [0, 0.1) is 0 Å². The van der Waals surface area contributed by atoms with Gasteiger partial charge in [-0.3, -0.25) is 9.78 Å². The highest BCUT2D eigenvalue weighted by atomic mass is 35.5. The number of hydrogen-bond acceptors (Lipinski definition) is 6. The molecule has 0 aliphatic carbocycles. The number of ether oxygens (including phenoxy) is 1. The van der Waals surface area contributed by atoms with Gasteiger partial charge in [0.05, 0.1) is 7.11 Å². The van der Waals surface area contributed by atoms with Crippen LogP contribution < -0.4 is 10.1 Å². The van der Waals surface area contributed by atoms with E-state index in [4.69, 9.17) is 16.3 Å². The fraction of sp³-hybridized carbons (Fsp3) is 0.0833. The number of rotatable bonds is 7. The van der Waals surface area contributed by atoms with Crippen LogP contribution in [0.5, 0.6) is 5.75 Å². The molecule has 160 valence electrons. The minimum Gasteiger partial charge on any atom is -0.497 e. The van der Waals surface area contributed by atoms with E-state index in [0.29, 0.717) is 28.9 Å². The Kier molecular flexibility index (Phi) is 6.57. The molecule has 4 rings (SSSR count). The summed E-state index contributed by atoms with van der Waals surface area (Å²) in [5.41, 5.74) is 2.45. The maximum atomic E-state index is 12.9. The molecular weight excluding hydrogens is 426 g/mol. The van der Waals surface area contributed by atoms with E-state index >= 15 is 0 Å². The number of carbonyl (C=O) groups excluding carboxylic acids is 1. The lowest BCUT2D eigenvalue weighted by atomic mass is 10.2. The van der Waals surface area contributed by atoms with Gasteiger partial charge in [0, 0.05) is 35.6 Å². The zero-order valence-electron chi connectivity index (χ0n) is 17.3. The molecule has 1 N–H and O–H groups in total. The lowest BCUT2D eigenvalue weighted by Gasteiger charge is -2.07. The second-order valence-electron chi connectivity index (χ2n) is 6.81. The van der Waals surface area contributed by atoms with Gasteiger partial charge in [0.25, 0.3) is 5.91 Å². The van der Waals surface area contributed by atoms with Crippen LogP contribution in [0.4, 0.5) is 5.95 Å². The smallest absolute Gasteiger partial charge is 0.274 e. The number of benzene rings is 2. The first kappa shape index (κ1) is 21.3. The second-order valence-corrected chi connectivity index (χ2v) is 7.21. The van der Waals surface area contributed by atoms with Crippen LogP contribution in [-0.2, 0) is 6.54 Å². The number of anilines is 1. The van der Waals surface area contributed by atoms with Crippen molar-refractivity contribution in [1.29, 1.82) is 0 Å². The molecule has 0 aliphatic heterocycles. The minimum absolute atomic E-state index is 0.327. The monoisotopic (exact) mass is 445 g/mol. The van der Waals surface area contributed by atoms with Crippen molar-refractivity contribution in [3.05, 3.63) is 95.3 Å². The van der Waals surface area contributed by atoms with Gasteiger partial charge in [0.2, 0.25) is 5.95 Å². The van der Waals surface area contributed by atoms with Gasteiger partial charge in [-0.1, -0.05) is 41.9 Å². The van der Waals surface area contributed by atoms with E-state index in [1.54, 1.807) is 37.7 Å². The highest BCUT2D eigenvalue weighted by Gasteiger charge is 2.16. The lowest BCUT2D eigenvalue weighted by molar-refractivity contribution is 0.0957. The Morgan fingerprint density at radius 2 is 1.94 bits per heavy atom. The van der Waals surface area contributed by atoms with Gasteiger partial charge in [0.1, 0.15) is 5.75 Å². The van der Waals surface area contributed by atoms with E-state index in [0.717, 1.165) is 16.9 Å². The van der Waals surface area contributed by atoms with E-state index in [9.17, 15) is 4.79 Å². The van der Waals surface area contributed by atoms with E-state index in [2.05, 4.69) is 20.4 Å². The van der Waals surface area contributed by atoms with Crippen LogP contribution in [-0.4, -0.2) is 32.8 Å². The SMILES string of the molecule is COc1ccc(CNc2nc(-c3cccnc3)nn2C(=O)/C=C/c2ccccc2Cl)cc1. The molecule has 0 atom stereocenters. The summed E-state index contributed by atoms with van der Waals surface area (Å²) < 4.78 is 6.43. The van der Waals surface area contributed by atoms with Gasteiger partial charge in [0.15, 0.2) is 5.82 Å². The quantitative estimate of drug-likeness (QED) is 0.404. The van der Waals surface area contributed by atoms with Gasteiger partial charge in [-0.25, -0.2) is 0 Å². The minimum atomic E-state index is -0.357. The molecule has 0 bridgehead atoms. The maximum Gasteiger partial charge on any atom is 0.274 e. The Balaban J connectivity index is 1.60.